The van der Waals surface area contributed by atoms with Gasteiger partial charge in [-0.1, -0.05) is 6.42 Å². The Kier molecular flexibility index (Phi) is 18.5. The summed E-state index contributed by atoms with van der Waals surface area (Å²) in [5.41, 5.74) is 0.237. The lowest BCUT2D eigenvalue weighted by Crippen LogP contribution is -2.43. The summed E-state index contributed by atoms with van der Waals surface area (Å²) >= 11 is 0. The molecule has 5 N–H and O–H groups in total. The van der Waals surface area contributed by atoms with Crippen molar-refractivity contribution in [3.63, 3.8) is 0 Å². The first kappa shape index (κ1) is 40.6. The molecule has 2 aliphatic carbocycles. The van der Waals surface area contributed by atoms with E-state index in [1.165, 1.54) is 18.9 Å². The molecule has 2 saturated carbocycles. The van der Waals surface area contributed by atoms with E-state index in [1.807, 2.05) is 4.90 Å². The normalized spacial score (nSPS) is 16.1. The fourth-order valence-corrected chi connectivity index (χ4v) is 4.75. The summed E-state index contributed by atoms with van der Waals surface area (Å²) in [6.07, 6.45) is 15.4. The van der Waals surface area contributed by atoms with E-state index in [9.17, 15) is 19.6 Å². The summed E-state index contributed by atoms with van der Waals surface area (Å²) in [4.78, 5) is 48.3. The summed E-state index contributed by atoms with van der Waals surface area (Å²) in [5.74, 6) is 44.5. The van der Waals surface area contributed by atoms with Gasteiger partial charge in [0.25, 0.3) is 5.56 Å². The minimum atomic E-state index is -0.573. The number of H-pyrrole nitrogens is 1. The first-order chi connectivity index (χ1) is 25.2. The Morgan fingerprint density at radius 1 is 1.02 bits per heavy atom. The third-order valence-electron chi connectivity index (χ3n) is 7.15. The van der Waals surface area contributed by atoms with Crippen LogP contribution >= 0.6 is 0 Å². The van der Waals surface area contributed by atoms with Gasteiger partial charge in [-0.05, 0) is 133 Å². The number of terminal acetylenes is 2. The van der Waals surface area contributed by atoms with E-state index in [0.717, 1.165) is 25.8 Å². The monoisotopic (exact) mass is 719 g/mol. The van der Waals surface area contributed by atoms with Crippen LogP contribution in [0, 0.1) is 137 Å². The minimum absolute atomic E-state index is 0. The van der Waals surface area contributed by atoms with E-state index in [2.05, 4.69) is 137 Å². The lowest BCUT2D eigenvalue weighted by atomic mass is 9.84. The van der Waals surface area contributed by atoms with Crippen molar-refractivity contribution in [2.24, 2.45) is 39.3 Å². The molecule has 0 spiro atoms. The van der Waals surface area contributed by atoms with Crippen LogP contribution in [0.3, 0.4) is 0 Å². The van der Waals surface area contributed by atoms with Crippen LogP contribution in [0.25, 0.3) is 0 Å². The molecule has 0 radical (unpaired) electrons. The van der Waals surface area contributed by atoms with Gasteiger partial charge in [-0.25, -0.2) is 4.98 Å². The minimum Gasteiger partial charge on any atom is -0.351 e. The maximum Gasteiger partial charge on any atom is 0.251 e. The van der Waals surface area contributed by atoms with Crippen LogP contribution in [-0.4, -0.2) is 56.1 Å². The summed E-state index contributed by atoms with van der Waals surface area (Å²) in [6.45, 7) is 3.09. The number of carbonyl (C=O) groups is 2. The quantitative estimate of drug-likeness (QED) is 0.108. The number of aryl methyl sites for hydroxylation is 1. The molecular weight excluding hydrogens is 666 g/mol. The third kappa shape index (κ3) is 16.5. The van der Waals surface area contributed by atoms with Crippen molar-refractivity contribution in [2.75, 3.05) is 13.1 Å². The summed E-state index contributed by atoms with van der Waals surface area (Å²) < 4.78 is 0. The number of aromatic amines is 1. The largest absolute Gasteiger partial charge is 0.351 e. The molecule has 1 aromatic heterocycles. The molecule has 3 aliphatic rings. The lowest BCUT2D eigenvalue weighted by Gasteiger charge is -2.29. The molecule has 0 unspecified atom stereocenters. The Bertz CT molecular complexity index is 2090. The molecule has 2 heterocycles. The first-order valence-corrected chi connectivity index (χ1v) is 15.4. The maximum atomic E-state index is 12.6. The molecule has 52 heavy (non-hydrogen) atoms. The van der Waals surface area contributed by atoms with Crippen LogP contribution in [0.1, 0.15) is 59.3 Å². The van der Waals surface area contributed by atoms with Crippen molar-refractivity contribution >= 4 is 11.8 Å². The second-order valence-electron chi connectivity index (χ2n) is 10.7. The second kappa shape index (κ2) is 23.7. The molecular formula is C37H53N9O6. The average molecular weight is 720 g/mol. The fourth-order valence-electron chi connectivity index (χ4n) is 4.75. The third-order valence-corrected chi connectivity index (χ3v) is 7.15. The zero-order valence-electron chi connectivity index (χ0n) is 27.9. The Morgan fingerprint density at radius 2 is 1.56 bits per heavy atom. The molecule has 1 saturated heterocycles. The van der Waals surface area contributed by atoms with E-state index in [4.69, 9.17) is 18.1 Å². The van der Waals surface area contributed by atoms with Crippen LogP contribution in [-0.2, 0) is 21.0 Å². The highest BCUT2D eigenvalue weighted by molar-refractivity contribution is 5.81. The summed E-state index contributed by atoms with van der Waals surface area (Å²) in [5, 5.41) is 27.3. The van der Waals surface area contributed by atoms with Gasteiger partial charge in [0, 0.05) is 46.7 Å². The van der Waals surface area contributed by atoms with Crippen molar-refractivity contribution < 1.29 is 40.6 Å². The van der Waals surface area contributed by atoms with Gasteiger partial charge in [-0.15, -0.1) is 12.8 Å². The zero-order valence-corrected chi connectivity index (χ0v) is 27.9. The summed E-state index contributed by atoms with van der Waals surface area (Å²) in [6, 6.07) is 1.38. The molecule has 2 atom stereocenters. The first-order valence-electron chi connectivity index (χ1n) is 15.4. The zero-order chi connectivity index (χ0) is 38.0. The Balaban J connectivity index is -0.0000000854. The Morgan fingerprint density at radius 3 is 1.98 bits per heavy atom. The number of likely N-dealkylation sites (tertiary alicyclic amines) is 1. The predicted octanol–water partition coefficient (Wildman–Crippen LogP) is 3.35. The number of carbonyl (C=O) groups excluding carboxylic acids is 2. The maximum absolute atomic E-state index is 12.6. The average Bonchev–Trinajstić information content (AvgIpc) is 3.85. The fraction of sp³-hybridized carbons (Fsp3) is 0.351. The number of nitrogens with two attached hydrogens (primary N) is 1. The molecule has 15 nitrogen and oxygen atoms in total. The van der Waals surface area contributed by atoms with E-state index in [0.29, 0.717) is 29.9 Å². The number of rotatable bonds is 7. The van der Waals surface area contributed by atoms with E-state index in [1.54, 1.807) is 6.92 Å². The van der Waals surface area contributed by atoms with Crippen LogP contribution in [0.4, 0.5) is 0 Å². The number of hydrogen-bond donors (Lipinski definition) is 4. The van der Waals surface area contributed by atoms with Crippen molar-refractivity contribution in [1.82, 2.24) is 20.2 Å². The van der Waals surface area contributed by atoms with Gasteiger partial charge in [-0.3, -0.25) is 25.5 Å². The predicted molar refractivity (Wildman–Crippen MR) is 210 cm³/mol. The Labute approximate surface area is 317 Å². The molecule has 4 rings (SSSR count). The van der Waals surface area contributed by atoms with Crippen molar-refractivity contribution in [2.45, 2.75) is 51.5 Å². The number of nitrogens with zero attached hydrogens (tertiary/aromatic N) is 6. The molecule has 0 aromatic carbocycles. The number of amides is 2. The highest BCUT2D eigenvalue weighted by Gasteiger charge is 2.45. The molecule has 0 bridgehead atoms. The molecule has 2 amide bonds. The van der Waals surface area contributed by atoms with Crippen LogP contribution in [0.15, 0.2) is 26.5 Å². The summed E-state index contributed by atoms with van der Waals surface area (Å²) in [7, 11) is 0. The second-order valence-corrected chi connectivity index (χ2v) is 10.7. The molecule has 1 aromatic rings. The number of hydrogen-bond acceptors (Lipinski definition) is 8. The number of nitrogens with one attached hydrogen (secondary N) is 2. The van der Waals surface area contributed by atoms with Crippen LogP contribution in [0.5, 0.6) is 0 Å². The van der Waals surface area contributed by atoms with Gasteiger partial charge >= 0.3 is 0 Å². The molecule has 3 fully saturated rings. The van der Waals surface area contributed by atoms with E-state index >= 15 is 0 Å². The highest BCUT2D eigenvalue weighted by Crippen LogP contribution is 2.42. The van der Waals surface area contributed by atoms with Gasteiger partial charge in [0.2, 0.25) is 22.3 Å². The lowest BCUT2D eigenvalue weighted by molar-refractivity contribution is -0.873. The molecule has 1 aliphatic heterocycles. The van der Waals surface area contributed by atoms with Gasteiger partial charge in [-0.2, -0.15) is 0 Å². The van der Waals surface area contributed by atoms with Crippen molar-refractivity contribution in [3.05, 3.63) is 33.1 Å². The van der Waals surface area contributed by atoms with Gasteiger partial charge in [0.15, 0.2) is 0 Å². The van der Waals surface area contributed by atoms with Crippen LogP contribution in [0.2, 0.25) is 0 Å². The molecule has 15 heteroatoms. The van der Waals surface area contributed by atoms with Gasteiger partial charge < -0.3 is 25.4 Å². The van der Waals surface area contributed by atoms with Crippen molar-refractivity contribution in [1.29, 1.82) is 0 Å². The Hall–Kier alpha value is -7.58. The standard InChI is InChI=1S/C19H26N4O3.C18H2.H3N5O3.11H2/c1-11-20-14(7-17(24)21-11)8-18(25)22-16-10-23(9-15(16)12-5-6-12)19(26)13-3-2-4-13;1-3-5-7-9-11-13-15-17-18-16-14-12-10-8-6-4-2;1-2-3-4-5(6)8-7;;;;;;;;;;;/h7,12-13,15-16H,2-6,8-10H2,1H3,(H,22,25)(H,20,21,24);1-2H;7H,(H2,1,3);11*1H/t15-,16-;;;;;;;;;;;;;/m0............./s1. The topological polar surface area (TPSA) is 214 Å². The van der Waals surface area contributed by atoms with E-state index < -0.39 is 5.02 Å². The van der Waals surface area contributed by atoms with Gasteiger partial charge in [0.05, 0.1) is 28.4 Å². The van der Waals surface area contributed by atoms with E-state index in [-0.39, 0.29) is 51.4 Å². The highest BCUT2D eigenvalue weighted by atomic mass is 17.2. The van der Waals surface area contributed by atoms with Crippen LogP contribution < -0.4 is 16.7 Å². The van der Waals surface area contributed by atoms with Crippen molar-refractivity contribution in [3.8, 4) is 108 Å². The van der Waals surface area contributed by atoms with Gasteiger partial charge in [0.1, 0.15) is 5.82 Å². The SMILES string of the molecule is C#CC#CC#CC#CC#CC#CC#CC#CC#C.Cc1nc(CC(=O)N[C@H]2CN(C(=O)C3CCC3)C[C@H]2C2CC2)cc(=O)[nH]1.NN=NN=[N+]([O-])OO.[HH].[HH].[HH].[HH].[HH].[HH].[HH].[HH].[HH].[HH].[HH]. The smallest absolute Gasteiger partial charge is 0.251 e. The molecule has 282 valence electrons. The number of aromatic nitrogens is 2.